The molecule has 4 nitrogen and oxygen atoms in total. The molecule has 0 saturated carbocycles. The van der Waals surface area contributed by atoms with Crippen LogP contribution < -0.4 is 5.32 Å². The van der Waals surface area contributed by atoms with Crippen LogP contribution in [-0.2, 0) is 9.53 Å². The monoisotopic (exact) mass is 266 g/mol. The second kappa shape index (κ2) is 7.21. The van der Waals surface area contributed by atoms with Gasteiger partial charge in [0.1, 0.15) is 12.0 Å². The fourth-order valence-electron chi connectivity index (χ4n) is 1.37. The summed E-state index contributed by atoms with van der Waals surface area (Å²) < 4.78 is 39.6. The Bertz CT molecular complexity index is 306. The van der Waals surface area contributed by atoms with Crippen LogP contribution in [0.2, 0.25) is 0 Å². The van der Waals surface area contributed by atoms with Crippen LogP contribution in [0.3, 0.4) is 0 Å². The van der Waals surface area contributed by atoms with E-state index in [9.17, 15) is 18.0 Å². The molecule has 1 amide bonds. The molecule has 0 aliphatic rings. The second-order valence-electron chi connectivity index (χ2n) is 3.82. The largest absolute Gasteiger partial charge is 0.411 e. The third-order valence-electron chi connectivity index (χ3n) is 2.65. The Hall–Kier alpha value is -1.29. The van der Waals surface area contributed by atoms with Crippen molar-refractivity contribution in [2.75, 3.05) is 19.8 Å². The van der Waals surface area contributed by atoms with Crippen molar-refractivity contribution in [3.05, 3.63) is 0 Å². The van der Waals surface area contributed by atoms with E-state index < -0.39 is 24.1 Å². The van der Waals surface area contributed by atoms with E-state index in [1.807, 2.05) is 6.07 Å². The van der Waals surface area contributed by atoms with Crippen molar-refractivity contribution >= 4 is 5.91 Å². The van der Waals surface area contributed by atoms with Crippen LogP contribution in [0.25, 0.3) is 0 Å². The lowest BCUT2D eigenvalue weighted by atomic mass is 9.83. The number of nitrogens with zero attached hydrogens (tertiary/aromatic N) is 1. The lowest BCUT2D eigenvalue weighted by Crippen LogP contribution is -2.41. The number of amides is 1. The van der Waals surface area contributed by atoms with Gasteiger partial charge in [-0.15, -0.1) is 0 Å². The van der Waals surface area contributed by atoms with E-state index in [-0.39, 0.29) is 13.2 Å². The first-order valence-corrected chi connectivity index (χ1v) is 5.65. The number of hydrogen-bond acceptors (Lipinski definition) is 3. The summed E-state index contributed by atoms with van der Waals surface area (Å²) >= 11 is 0. The van der Waals surface area contributed by atoms with Gasteiger partial charge in [-0.1, -0.05) is 13.8 Å². The minimum absolute atomic E-state index is 0.0433. The van der Waals surface area contributed by atoms with Gasteiger partial charge in [-0.25, -0.2) is 0 Å². The van der Waals surface area contributed by atoms with Crippen LogP contribution in [0.15, 0.2) is 0 Å². The average molecular weight is 266 g/mol. The van der Waals surface area contributed by atoms with Gasteiger partial charge in [0.15, 0.2) is 0 Å². The van der Waals surface area contributed by atoms with Crippen molar-refractivity contribution in [3.63, 3.8) is 0 Å². The Balaban J connectivity index is 4.01. The number of nitriles is 1. The van der Waals surface area contributed by atoms with Crippen molar-refractivity contribution in [2.24, 2.45) is 5.41 Å². The van der Waals surface area contributed by atoms with E-state index in [1.54, 1.807) is 13.8 Å². The van der Waals surface area contributed by atoms with E-state index in [2.05, 4.69) is 10.1 Å². The molecule has 18 heavy (non-hydrogen) atoms. The number of hydrogen-bond donors (Lipinski definition) is 1. The van der Waals surface area contributed by atoms with Crippen molar-refractivity contribution in [3.8, 4) is 6.07 Å². The van der Waals surface area contributed by atoms with Crippen molar-refractivity contribution in [1.82, 2.24) is 5.32 Å². The minimum Gasteiger partial charge on any atom is -0.370 e. The number of ether oxygens (including phenoxy) is 1. The zero-order chi connectivity index (χ0) is 14.2. The summed E-state index contributed by atoms with van der Waals surface area (Å²) in [5.74, 6) is -0.467. The normalized spacial score (nSPS) is 12.0. The Morgan fingerprint density at radius 1 is 1.33 bits per heavy atom. The van der Waals surface area contributed by atoms with Crippen LogP contribution in [0.1, 0.15) is 26.7 Å². The predicted octanol–water partition coefficient (Wildman–Crippen LogP) is 2.01. The number of nitrogens with one attached hydrogen (secondary N) is 1. The van der Waals surface area contributed by atoms with Crippen LogP contribution in [-0.4, -0.2) is 31.8 Å². The maximum Gasteiger partial charge on any atom is 0.411 e. The molecule has 0 atom stereocenters. The SMILES string of the molecule is CCC(C#N)(CC)C(=O)NCCOCC(F)(F)F. The molecule has 0 spiro atoms. The van der Waals surface area contributed by atoms with Gasteiger partial charge in [0, 0.05) is 6.54 Å². The van der Waals surface area contributed by atoms with E-state index in [0.29, 0.717) is 12.8 Å². The zero-order valence-electron chi connectivity index (χ0n) is 10.4. The van der Waals surface area contributed by atoms with Crippen LogP contribution in [0.4, 0.5) is 13.2 Å². The van der Waals surface area contributed by atoms with Gasteiger partial charge in [0.05, 0.1) is 12.7 Å². The van der Waals surface area contributed by atoms with Crippen LogP contribution in [0.5, 0.6) is 0 Å². The topological polar surface area (TPSA) is 62.1 Å². The average Bonchev–Trinajstić information content (AvgIpc) is 2.30. The summed E-state index contributed by atoms with van der Waals surface area (Å²) in [6.45, 7) is 1.81. The third-order valence-corrected chi connectivity index (χ3v) is 2.65. The first-order chi connectivity index (χ1) is 8.31. The van der Waals surface area contributed by atoms with E-state index in [4.69, 9.17) is 5.26 Å². The Morgan fingerprint density at radius 3 is 2.28 bits per heavy atom. The van der Waals surface area contributed by atoms with E-state index in [1.165, 1.54) is 0 Å². The summed E-state index contributed by atoms with van der Waals surface area (Å²) in [7, 11) is 0. The van der Waals surface area contributed by atoms with Crippen LogP contribution in [0, 0.1) is 16.7 Å². The molecule has 0 aromatic rings. The lowest BCUT2D eigenvalue weighted by molar-refractivity contribution is -0.173. The molecule has 0 rings (SSSR count). The molecular formula is C11H17F3N2O2. The van der Waals surface area contributed by atoms with E-state index >= 15 is 0 Å². The molecule has 0 heterocycles. The Labute approximate surface area is 104 Å². The van der Waals surface area contributed by atoms with Gasteiger partial charge in [-0.3, -0.25) is 4.79 Å². The number of carbonyl (C=O) groups excluding carboxylic acids is 1. The highest BCUT2D eigenvalue weighted by Crippen LogP contribution is 2.25. The molecule has 0 saturated heterocycles. The molecular weight excluding hydrogens is 249 g/mol. The molecule has 0 unspecified atom stereocenters. The van der Waals surface area contributed by atoms with Crippen molar-refractivity contribution in [1.29, 1.82) is 5.26 Å². The summed E-state index contributed by atoms with van der Waals surface area (Å²) in [5, 5.41) is 11.4. The summed E-state index contributed by atoms with van der Waals surface area (Å²) in [5.41, 5.74) is -1.11. The molecule has 1 N–H and O–H groups in total. The Morgan fingerprint density at radius 2 is 1.89 bits per heavy atom. The van der Waals surface area contributed by atoms with Gasteiger partial charge >= 0.3 is 6.18 Å². The number of halogens is 3. The number of carbonyl (C=O) groups is 1. The van der Waals surface area contributed by atoms with Crippen molar-refractivity contribution < 1.29 is 22.7 Å². The minimum atomic E-state index is -4.37. The predicted molar refractivity (Wildman–Crippen MR) is 58.5 cm³/mol. The molecule has 0 fully saturated rings. The summed E-state index contributed by atoms with van der Waals surface area (Å²) in [4.78, 5) is 11.7. The summed E-state index contributed by atoms with van der Waals surface area (Å²) in [6.07, 6.45) is -3.66. The maximum absolute atomic E-state index is 11.7. The van der Waals surface area contributed by atoms with Gasteiger partial charge in [-0.05, 0) is 12.8 Å². The van der Waals surface area contributed by atoms with Crippen molar-refractivity contribution in [2.45, 2.75) is 32.9 Å². The fourth-order valence-corrected chi connectivity index (χ4v) is 1.37. The third kappa shape index (κ3) is 5.36. The van der Waals surface area contributed by atoms with Gasteiger partial charge in [0.25, 0.3) is 0 Å². The molecule has 0 bridgehead atoms. The summed E-state index contributed by atoms with van der Waals surface area (Å²) in [6, 6.07) is 1.95. The molecule has 0 aromatic heterocycles. The van der Waals surface area contributed by atoms with Gasteiger partial charge in [0.2, 0.25) is 5.91 Å². The van der Waals surface area contributed by atoms with E-state index in [0.717, 1.165) is 0 Å². The first-order valence-electron chi connectivity index (χ1n) is 5.65. The zero-order valence-corrected chi connectivity index (χ0v) is 10.4. The highest BCUT2D eigenvalue weighted by Gasteiger charge is 2.34. The molecule has 0 aliphatic carbocycles. The molecule has 0 aliphatic heterocycles. The number of rotatable bonds is 7. The quantitative estimate of drug-likeness (QED) is 0.717. The standard InChI is InChI=1S/C11H17F3N2O2/c1-3-10(4-2,7-15)9(17)16-5-6-18-8-11(12,13)14/h3-6,8H2,1-2H3,(H,16,17). The molecule has 7 heteroatoms. The fraction of sp³-hybridized carbons (Fsp3) is 0.818. The van der Waals surface area contributed by atoms with Gasteiger partial charge < -0.3 is 10.1 Å². The molecule has 104 valence electrons. The van der Waals surface area contributed by atoms with Crippen LogP contribution >= 0.6 is 0 Å². The molecule has 0 radical (unpaired) electrons. The molecule has 0 aromatic carbocycles. The highest BCUT2D eigenvalue weighted by atomic mass is 19.4. The smallest absolute Gasteiger partial charge is 0.370 e. The first kappa shape index (κ1) is 16.7. The second-order valence-corrected chi connectivity index (χ2v) is 3.82. The Kier molecular flexibility index (Phi) is 6.70. The van der Waals surface area contributed by atoms with Gasteiger partial charge in [-0.2, -0.15) is 18.4 Å². The highest BCUT2D eigenvalue weighted by molar-refractivity contribution is 5.85. The lowest BCUT2D eigenvalue weighted by Gasteiger charge is -2.22. The maximum atomic E-state index is 11.7. The number of alkyl halides is 3.